The van der Waals surface area contributed by atoms with Gasteiger partial charge in [-0.2, -0.15) is 0 Å². The number of nitrogens with one attached hydrogen (secondary N) is 1. The fourth-order valence-electron chi connectivity index (χ4n) is 2.07. The molecule has 4 heteroatoms. The normalized spacial score (nSPS) is 19.3. The highest BCUT2D eigenvalue weighted by molar-refractivity contribution is 5.75. The maximum Gasteiger partial charge on any atom is 0.233 e. The molecule has 88 valence electrons. The second-order valence-electron chi connectivity index (χ2n) is 4.28. The Morgan fingerprint density at radius 3 is 2.33 bits per heavy atom. The highest BCUT2D eigenvalue weighted by atomic mass is 16.2. The molecule has 1 rings (SSSR count). The molecule has 15 heavy (non-hydrogen) atoms. The van der Waals surface area contributed by atoms with Crippen LogP contribution < -0.4 is 11.3 Å². The topological polar surface area (TPSA) is 58.4 Å². The smallest absolute Gasteiger partial charge is 0.233 e. The monoisotopic (exact) mass is 213 g/mol. The molecule has 0 radical (unpaired) electrons. The van der Waals surface area contributed by atoms with Crippen LogP contribution in [0.25, 0.3) is 0 Å². The number of rotatable bonds is 4. The average Bonchev–Trinajstić information content (AvgIpc) is 2.20. The number of carbonyl (C=O) groups is 1. The second kappa shape index (κ2) is 7.65. The summed E-state index contributed by atoms with van der Waals surface area (Å²) in [6.45, 7) is 3.43. The van der Waals surface area contributed by atoms with E-state index in [2.05, 4.69) is 10.3 Å². The predicted octanol–water partition coefficient (Wildman–Crippen LogP) is 1.02. The van der Waals surface area contributed by atoms with Crippen LogP contribution in [0.1, 0.15) is 44.9 Å². The number of hydrogen-bond donors (Lipinski definition) is 2. The predicted molar refractivity (Wildman–Crippen MR) is 61.1 cm³/mol. The zero-order chi connectivity index (χ0) is 10.9. The highest BCUT2D eigenvalue weighted by Gasteiger charge is 2.08. The molecule has 1 amide bonds. The van der Waals surface area contributed by atoms with Crippen molar-refractivity contribution in [2.45, 2.75) is 44.9 Å². The molecule has 1 aliphatic rings. The molecular weight excluding hydrogens is 190 g/mol. The molecule has 0 aromatic heterocycles. The van der Waals surface area contributed by atoms with Crippen LogP contribution in [0.5, 0.6) is 0 Å². The first kappa shape index (κ1) is 12.5. The Balaban J connectivity index is 2.09. The Hall–Kier alpha value is -0.610. The van der Waals surface area contributed by atoms with Crippen LogP contribution >= 0.6 is 0 Å². The summed E-state index contributed by atoms with van der Waals surface area (Å²) in [5.74, 6) is 4.97. The molecule has 0 aromatic rings. The van der Waals surface area contributed by atoms with Crippen LogP contribution in [-0.2, 0) is 4.79 Å². The van der Waals surface area contributed by atoms with E-state index in [1.54, 1.807) is 0 Å². The number of nitrogens with two attached hydrogens (primary N) is 1. The van der Waals surface area contributed by atoms with Gasteiger partial charge in [-0.3, -0.25) is 10.2 Å². The molecule has 4 nitrogen and oxygen atoms in total. The summed E-state index contributed by atoms with van der Waals surface area (Å²) >= 11 is 0. The third-order valence-corrected chi connectivity index (χ3v) is 2.99. The third-order valence-electron chi connectivity index (χ3n) is 2.99. The van der Waals surface area contributed by atoms with Crippen molar-refractivity contribution in [3.63, 3.8) is 0 Å². The molecule has 3 N–H and O–H groups in total. The van der Waals surface area contributed by atoms with Crippen molar-refractivity contribution in [1.82, 2.24) is 10.3 Å². The van der Waals surface area contributed by atoms with Crippen LogP contribution in [-0.4, -0.2) is 30.4 Å². The third kappa shape index (κ3) is 5.74. The molecule has 1 heterocycles. The van der Waals surface area contributed by atoms with Gasteiger partial charge in [0.1, 0.15) is 0 Å². The molecule has 1 aliphatic heterocycles. The maximum absolute atomic E-state index is 10.9. The Morgan fingerprint density at radius 1 is 1.13 bits per heavy atom. The molecule has 0 unspecified atom stereocenters. The lowest BCUT2D eigenvalue weighted by Gasteiger charge is -2.24. The number of nitrogens with zero attached hydrogens (tertiary/aromatic N) is 1. The van der Waals surface area contributed by atoms with E-state index in [-0.39, 0.29) is 5.91 Å². The summed E-state index contributed by atoms with van der Waals surface area (Å²) < 4.78 is 0. The molecule has 0 saturated carbocycles. The highest BCUT2D eigenvalue weighted by Crippen LogP contribution is 2.10. The summed E-state index contributed by atoms with van der Waals surface area (Å²) in [6.07, 6.45) is 8.20. The van der Waals surface area contributed by atoms with E-state index in [1.807, 2.05) is 0 Å². The number of hydrazine groups is 1. The summed E-state index contributed by atoms with van der Waals surface area (Å²) in [5, 5.41) is 0. The van der Waals surface area contributed by atoms with Gasteiger partial charge in [0, 0.05) is 6.42 Å². The SMILES string of the molecule is NNC(=O)CCCN1CCCCCCC1. The van der Waals surface area contributed by atoms with Gasteiger partial charge in [-0.25, -0.2) is 5.84 Å². The van der Waals surface area contributed by atoms with E-state index in [0.717, 1.165) is 13.0 Å². The number of likely N-dealkylation sites (tertiary alicyclic amines) is 1. The van der Waals surface area contributed by atoms with Gasteiger partial charge in [-0.05, 0) is 38.9 Å². The van der Waals surface area contributed by atoms with Crippen molar-refractivity contribution in [3.8, 4) is 0 Å². The minimum atomic E-state index is -0.0537. The Morgan fingerprint density at radius 2 is 1.73 bits per heavy atom. The summed E-state index contributed by atoms with van der Waals surface area (Å²) in [6, 6.07) is 0. The van der Waals surface area contributed by atoms with Crippen molar-refractivity contribution in [2.24, 2.45) is 5.84 Å². The van der Waals surface area contributed by atoms with Crippen molar-refractivity contribution in [3.05, 3.63) is 0 Å². The molecule has 0 atom stereocenters. The lowest BCUT2D eigenvalue weighted by atomic mass is 10.1. The molecular formula is C11H23N3O. The van der Waals surface area contributed by atoms with E-state index in [4.69, 9.17) is 5.84 Å². The van der Waals surface area contributed by atoms with E-state index in [9.17, 15) is 4.79 Å². The van der Waals surface area contributed by atoms with E-state index in [0.29, 0.717) is 6.42 Å². The van der Waals surface area contributed by atoms with Crippen molar-refractivity contribution >= 4 is 5.91 Å². The standard InChI is InChI=1S/C11H23N3O/c12-13-11(15)7-6-10-14-8-4-2-1-3-5-9-14/h1-10,12H2,(H,13,15). The molecule has 0 aliphatic carbocycles. The van der Waals surface area contributed by atoms with Crippen LogP contribution in [0.2, 0.25) is 0 Å². The Kier molecular flexibility index (Phi) is 6.36. The van der Waals surface area contributed by atoms with E-state index < -0.39 is 0 Å². The van der Waals surface area contributed by atoms with Gasteiger partial charge < -0.3 is 4.90 Å². The number of hydrogen-bond acceptors (Lipinski definition) is 3. The fourth-order valence-corrected chi connectivity index (χ4v) is 2.07. The largest absolute Gasteiger partial charge is 0.303 e. The van der Waals surface area contributed by atoms with Crippen LogP contribution in [0.4, 0.5) is 0 Å². The number of amides is 1. The van der Waals surface area contributed by atoms with Gasteiger partial charge in [-0.15, -0.1) is 0 Å². The van der Waals surface area contributed by atoms with Crippen LogP contribution in [0.3, 0.4) is 0 Å². The first-order valence-electron chi connectivity index (χ1n) is 6.05. The lowest BCUT2D eigenvalue weighted by Crippen LogP contribution is -2.32. The summed E-state index contributed by atoms with van der Waals surface area (Å²) in [7, 11) is 0. The lowest BCUT2D eigenvalue weighted by molar-refractivity contribution is -0.121. The molecule has 1 saturated heterocycles. The molecule has 1 fully saturated rings. The Bertz CT molecular complexity index is 177. The summed E-state index contributed by atoms with van der Waals surface area (Å²) in [5.41, 5.74) is 2.17. The molecule has 0 spiro atoms. The van der Waals surface area contributed by atoms with Crippen LogP contribution in [0.15, 0.2) is 0 Å². The van der Waals surface area contributed by atoms with Gasteiger partial charge in [-0.1, -0.05) is 19.3 Å². The minimum Gasteiger partial charge on any atom is -0.303 e. The zero-order valence-corrected chi connectivity index (χ0v) is 9.50. The van der Waals surface area contributed by atoms with Crippen molar-refractivity contribution < 1.29 is 4.79 Å². The summed E-state index contributed by atoms with van der Waals surface area (Å²) in [4.78, 5) is 13.4. The quantitative estimate of drug-likeness (QED) is 0.416. The van der Waals surface area contributed by atoms with Crippen molar-refractivity contribution in [2.75, 3.05) is 19.6 Å². The fraction of sp³-hybridized carbons (Fsp3) is 0.909. The van der Waals surface area contributed by atoms with E-state index >= 15 is 0 Å². The molecule has 0 bridgehead atoms. The molecule has 0 aromatic carbocycles. The van der Waals surface area contributed by atoms with Gasteiger partial charge in [0.2, 0.25) is 5.91 Å². The van der Waals surface area contributed by atoms with Gasteiger partial charge in [0.05, 0.1) is 0 Å². The van der Waals surface area contributed by atoms with Gasteiger partial charge in [0.15, 0.2) is 0 Å². The Labute approximate surface area is 92.2 Å². The first-order chi connectivity index (χ1) is 7.33. The average molecular weight is 213 g/mol. The second-order valence-corrected chi connectivity index (χ2v) is 4.28. The van der Waals surface area contributed by atoms with E-state index in [1.165, 1.54) is 45.2 Å². The minimum absolute atomic E-state index is 0.0537. The van der Waals surface area contributed by atoms with Crippen LogP contribution in [0, 0.1) is 0 Å². The van der Waals surface area contributed by atoms with Crippen molar-refractivity contribution in [1.29, 1.82) is 0 Å². The maximum atomic E-state index is 10.9. The zero-order valence-electron chi connectivity index (χ0n) is 9.50. The van der Waals surface area contributed by atoms with Gasteiger partial charge in [0.25, 0.3) is 0 Å². The number of carbonyl (C=O) groups excluding carboxylic acids is 1. The van der Waals surface area contributed by atoms with Gasteiger partial charge >= 0.3 is 0 Å². The first-order valence-corrected chi connectivity index (χ1v) is 6.05.